The molecule has 3 rings (SSSR count). The summed E-state index contributed by atoms with van der Waals surface area (Å²) in [7, 11) is 1.47. The summed E-state index contributed by atoms with van der Waals surface area (Å²) in [5, 5.41) is 9.88. The molecule has 1 unspecified atom stereocenters. The number of hydrogen-bond donors (Lipinski definition) is 1. The van der Waals surface area contributed by atoms with Crippen molar-refractivity contribution in [1.29, 1.82) is 5.26 Å². The number of nitriles is 1. The van der Waals surface area contributed by atoms with Crippen LogP contribution in [0.4, 0.5) is 0 Å². The molecule has 1 aromatic rings. The van der Waals surface area contributed by atoms with Crippen molar-refractivity contribution in [3.05, 3.63) is 45.5 Å². The Balaban J connectivity index is 2.17. The quantitative estimate of drug-likeness (QED) is 0.801. The van der Waals surface area contributed by atoms with Gasteiger partial charge in [0.25, 0.3) is 0 Å². The lowest BCUT2D eigenvalue weighted by atomic mass is 9.77. The normalized spacial score (nSPS) is 19.0. The van der Waals surface area contributed by atoms with Crippen molar-refractivity contribution >= 4 is 17.4 Å². The lowest BCUT2D eigenvalue weighted by molar-refractivity contribution is -0.116. The molecule has 7 heteroatoms. The number of allylic oxidation sites excluding steroid dienone is 3. The van der Waals surface area contributed by atoms with Gasteiger partial charge in [0.05, 0.1) is 18.1 Å². The van der Waals surface area contributed by atoms with Gasteiger partial charge in [-0.15, -0.1) is 6.42 Å². The Hall–Kier alpha value is -3.09. The summed E-state index contributed by atoms with van der Waals surface area (Å²) in [6, 6.07) is 5.36. The van der Waals surface area contributed by atoms with E-state index in [2.05, 4.69) is 12.0 Å². The highest BCUT2D eigenvalue weighted by Crippen LogP contribution is 2.46. The SMILES string of the molecule is C#CCOc1c(Cl)cc(C2C(C#N)=C(N)OC3=C2C(=O)CCC3)cc1OC. The molecule has 1 aliphatic carbocycles. The molecule has 138 valence electrons. The van der Waals surface area contributed by atoms with Crippen molar-refractivity contribution in [1.82, 2.24) is 0 Å². The van der Waals surface area contributed by atoms with Crippen LogP contribution in [0, 0.1) is 23.7 Å². The number of halogens is 1. The number of carbonyl (C=O) groups is 1. The zero-order chi connectivity index (χ0) is 19.6. The van der Waals surface area contributed by atoms with Gasteiger partial charge in [-0.3, -0.25) is 4.79 Å². The van der Waals surface area contributed by atoms with Gasteiger partial charge >= 0.3 is 0 Å². The Morgan fingerprint density at radius 1 is 1.44 bits per heavy atom. The van der Waals surface area contributed by atoms with Crippen LogP contribution in [0.25, 0.3) is 0 Å². The van der Waals surface area contributed by atoms with Gasteiger partial charge in [0.15, 0.2) is 17.3 Å². The molecule has 0 saturated carbocycles. The number of methoxy groups -OCH3 is 1. The van der Waals surface area contributed by atoms with Gasteiger partial charge in [-0.2, -0.15) is 5.26 Å². The van der Waals surface area contributed by atoms with Crippen molar-refractivity contribution in [2.24, 2.45) is 5.73 Å². The van der Waals surface area contributed by atoms with Crippen molar-refractivity contribution in [3.8, 4) is 29.9 Å². The zero-order valence-electron chi connectivity index (χ0n) is 14.7. The summed E-state index contributed by atoms with van der Waals surface area (Å²) in [5.41, 5.74) is 7.16. The van der Waals surface area contributed by atoms with E-state index in [1.54, 1.807) is 12.1 Å². The fourth-order valence-corrected chi connectivity index (χ4v) is 3.62. The largest absolute Gasteiger partial charge is 0.493 e. The number of rotatable bonds is 4. The van der Waals surface area contributed by atoms with Crippen molar-refractivity contribution in [3.63, 3.8) is 0 Å². The first-order valence-corrected chi connectivity index (χ1v) is 8.67. The Kier molecular flexibility index (Phi) is 5.30. The van der Waals surface area contributed by atoms with E-state index in [0.29, 0.717) is 47.7 Å². The maximum atomic E-state index is 12.6. The highest BCUT2D eigenvalue weighted by molar-refractivity contribution is 6.32. The van der Waals surface area contributed by atoms with E-state index in [-0.39, 0.29) is 28.9 Å². The van der Waals surface area contributed by atoms with Crippen LogP contribution in [0.3, 0.4) is 0 Å². The van der Waals surface area contributed by atoms with Gasteiger partial charge < -0.3 is 19.9 Å². The molecule has 0 amide bonds. The third kappa shape index (κ3) is 3.32. The van der Waals surface area contributed by atoms with Gasteiger partial charge in [0.1, 0.15) is 24.0 Å². The topological polar surface area (TPSA) is 94.6 Å². The van der Waals surface area contributed by atoms with Crippen molar-refractivity contribution < 1.29 is 19.0 Å². The lowest BCUT2D eigenvalue weighted by Gasteiger charge is -2.31. The average Bonchev–Trinajstić information content (AvgIpc) is 2.65. The number of nitrogens with zero attached hydrogens (tertiary/aromatic N) is 1. The standard InChI is InChI=1S/C20H17ClN2O4/c1-3-7-26-19-13(21)8-11(9-16(19)25-2)17-12(10-22)20(23)27-15-6-4-5-14(24)18(15)17/h1,8-9,17H,4-7,23H2,2H3. The smallest absolute Gasteiger partial charge is 0.205 e. The molecular weight excluding hydrogens is 368 g/mol. The number of ketones is 1. The van der Waals surface area contributed by atoms with Crippen LogP contribution in [0.1, 0.15) is 30.7 Å². The summed E-state index contributed by atoms with van der Waals surface area (Å²) >= 11 is 6.37. The number of benzene rings is 1. The number of nitrogens with two attached hydrogens (primary N) is 1. The highest BCUT2D eigenvalue weighted by atomic mass is 35.5. The van der Waals surface area contributed by atoms with E-state index >= 15 is 0 Å². The molecule has 6 nitrogen and oxygen atoms in total. The molecule has 0 bridgehead atoms. The molecule has 2 aliphatic rings. The molecule has 1 aromatic carbocycles. The number of carbonyl (C=O) groups excluding carboxylic acids is 1. The minimum atomic E-state index is -0.667. The minimum absolute atomic E-state index is 0.00121. The fraction of sp³-hybridized carbons (Fsp3) is 0.300. The van der Waals surface area contributed by atoms with E-state index < -0.39 is 5.92 Å². The second kappa shape index (κ2) is 7.65. The highest BCUT2D eigenvalue weighted by Gasteiger charge is 2.38. The van der Waals surface area contributed by atoms with Gasteiger partial charge in [-0.05, 0) is 24.1 Å². The van der Waals surface area contributed by atoms with Gasteiger partial charge in [0, 0.05) is 18.4 Å². The summed E-state index contributed by atoms with van der Waals surface area (Å²) in [6.45, 7) is 0.0246. The average molecular weight is 385 g/mol. The number of terminal acetylenes is 1. The molecule has 0 spiro atoms. The summed E-state index contributed by atoms with van der Waals surface area (Å²) in [6.07, 6.45) is 6.90. The first-order valence-electron chi connectivity index (χ1n) is 8.29. The third-order valence-electron chi connectivity index (χ3n) is 4.49. The third-order valence-corrected chi connectivity index (χ3v) is 4.77. The fourth-order valence-electron chi connectivity index (χ4n) is 3.35. The summed E-state index contributed by atoms with van der Waals surface area (Å²) in [5.74, 6) is 2.79. The van der Waals surface area contributed by atoms with Crippen LogP contribution in [0.15, 0.2) is 34.9 Å². The lowest BCUT2D eigenvalue weighted by Crippen LogP contribution is -2.27. The number of hydrogen-bond acceptors (Lipinski definition) is 6. The monoisotopic (exact) mass is 384 g/mol. The van der Waals surface area contributed by atoms with Crippen LogP contribution in [0.2, 0.25) is 5.02 Å². The first kappa shape index (κ1) is 18.7. The molecule has 2 N–H and O–H groups in total. The second-order valence-corrected chi connectivity index (χ2v) is 6.47. The van der Waals surface area contributed by atoms with Crippen molar-refractivity contribution in [2.45, 2.75) is 25.2 Å². The summed E-state index contributed by atoms with van der Waals surface area (Å²) < 4.78 is 16.4. The molecule has 1 aliphatic heterocycles. The van der Waals surface area contributed by atoms with Crippen molar-refractivity contribution in [2.75, 3.05) is 13.7 Å². The molecule has 0 saturated heterocycles. The van der Waals surface area contributed by atoms with Crippen LogP contribution < -0.4 is 15.2 Å². The van der Waals surface area contributed by atoms with Crippen LogP contribution in [-0.2, 0) is 9.53 Å². The van der Waals surface area contributed by atoms with Gasteiger partial charge in [-0.1, -0.05) is 17.5 Å². The maximum Gasteiger partial charge on any atom is 0.205 e. The molecule has 0 fully saturated rings. The number of ether oxygens (including phenoxy) is 3. The van der Waals surface area contributed by atoms with E-state index in [1.807, 2.05) is 0 Å². The van der Waals surface area contributed by atoms with Crippen LogP contribution >= 0.6 is 11.6 Å². The van der Waals surface area contributed by atoms with Crippen LogP contribution in [0.5, 0.6) is 11.5 Å². The molecule has 27 heavy (non-hydrogen) atoms. The Bertz CT molecular complexity index is 950. The molecule has 1 atom stereocenters. The molecule has 0 radical (unpaired) electrons. The number of Topliss-reactive ketones (excluding diaryl/α,β-unsaturated/α-hetero) is 1. The Morgan fingerprint density at radius 3 is 2.89 bits per heavy atom. The zero-order valence-corrected chi connectivity index (χ0v) is 15.4. The van der Waals surface area contributed by atoms with E-state index in [4.69, 9.17) is 38.0 Å². The van der Waals surface area contributed by atoms with E-state index in [1.165, 1.54) is 7.11 Å². The molecule has 0 aromatic heterocycles. The molecule has 1 heterocycles. The minimum Gasteiger partial charge on any atom is -0.493 e. The predicted octanol–water partition coefficient (Wildman–Crippen LogP) is 3.18. The summed E-state index contributed by atoms with van der Waals surface area (Å²) in [4.78, 5) is 12.6. The predicted molar refractivity (Wildman–Crippen MR) is 98.9 cm³/mol. The Labute approximate surface area is 162 Å². The van der Waals surface area contributed by atoms with Gasteiger partial charge in [-0.25, -0.2) is 0 Å². The first-order chi connectivity index (χ1) is 13.0. The maximum absolute atomic E-state index is 12.6. The van der Waals surface area contributed by atoms with E-state index in [0.717, 1.165) is 0 Å². The molecular formula is C20H17ClN2O4. The van der Waals surface area contributed by atoms with E-state index in [9.17, 15) is 10.1 Å². The second-order valence-electron chi connectivity index (χ2n) is 6.07. The van der Waals surface area contributed by atoms with Crippen LogP contribution in [-0.4, -0.2) is 19.5 Å². The Morgan fingerprint density at radius 2 is 2.22 bits per heavy atom. The van der Waals surface area contributed by atoms with Gasteiger partial charge in [0.2, 0.25) is 5.88 Å².